The third-order valence-electron chi connectivity index (χ3n) is 4.16. The van der Waals surface area contributed by atoms with Crippen molar-refractivity contribution in [2.75, 3.05) is 0 Å². The predicted octanol–water partition coefficient (Wildman–Crippen LogP) is 5.99. The molecule has 25 heavy (non-hydrogen) atoms. The van der Waals surface area contributed by atoms with Crippen molar-refractivity contribution < 1.29 is 4.79 Å². The van der Waals surface area contributed by atoms with E-state index in [9.17, 15) is 4.79 Å². The van der Waals surface area contributed by atoms with Gasteiger partial charge in [-0.1, -0.05) is 38.3 Å². The lowest BCUT2D eigenvalue weighted by atomic mass is 9.94. The zero-order chi connectivity index (χ0) is 18.2. The maximum atomic E-state index is 12.2. The highest BCUT2D eigenvalue weighted by molar-refractivity contribution is 5.99. The van der Waals surface area contributed by atoms with Gasteiger partial charge in [-0.15, -0.1) is 5.73 Å². The molecule has 1 aromatic carbocycles. The van der Waals surface area contributed by atoms with Crippen molar-refractivity contribution in [1.29, 1.82) is 0 Å². The summed E-state index contributed by atoms with van der Waals surface area (Å²) in [5, 5.41) is 4.38. The fraction of sp³-hybridized carbons (Fsp3) is 0.409. The van der Waals surface area contributed by atoms with Crippen molar-refractivity contribution in [3.05, 3.63) is 59.1 Å². The monoisotopic (exact) mass is 336 g/mol. The van der Waals surface area contributed by atoms with Crippen LogP contribution < -0.4 is 0 Å². The first-order chi connectivity index (χ1) is 12.0. The van der Waals surface area contributed by atoms with Crippen LogP contribution in [0.1, 0.15) is 75.7 Å². The molecule has 0 atom stereocenters. The predicted molar refractivity (Wildman–Crippen MR) is 104 cm³/mol. The molecule has 0 bridgehead atoms. The number of para-hydroxylation sites is 1. The number of Topliss-reactive ketones (excluding diaryl/α,β-unsaturated/α-hetero) is 1. The van der Waals surface area contributed by atoms with Gasteiger partial charge in [0.05, 0.1) is 5.69 Å². The highest BCUT2D eigenvalue weighted by Gasteiger charge is 2.16. The molecule has 0 saturated carbocycles. The van der Waals surface area contributed by atoms with Crippen LogP contribution in [0.5, 0.6) is 0 Å². The molecule has 1 heterocycles. The van der Waals surface area contributed by atoms with Gasteiger partial charge in [-0.05, 0) is 51.3 Å². The van der Waals surface area contributed by atoms with Gasteiger partial charge in [0.1, 0.15) is 0 Å². The maximum absolute atomic E-state index is 12.2. The Kier molecular flexibility index (Phi) is 6.97. The molecule has 0 N–H and O–H groups in total. The van der Waals surface area contributed by atoms with Gasteiger partial charge in [0, 0.05) is 29.1 Å². The molecule has 0 radical (unpaired) electrons. The van der Waals surface area contributed by atoms with Gasteiger partial charge < -0.3 is 0 Å². The number of aromatic nitrogens is 2. The fourth-order valence-electron chi connectivity index (χ4n) is 3.01. The first-order valence-corrected chi connectivity index (χ1v) is 9.12. The zero-order valence-corrected chi connectivity index (χ0v) is 15.8. The third kappa shape index (κ3) is 5.04. The van der Waals surface area contributed by atoms with Gasteiger partial charge in [0.15, 0.2) is 5.78 Å². The van der Waals surface area contributed by atoms with E-state index in [1.54, 1.807) is 17.8 Å². The van der Waals surface area contributed by atoms with E-state index in [1.165, 1.54) is 19.3 Å². The number of carbonyl (C=O) groups excluding carboxylic acids is 1. The number of carbonyl (C=O) groups is 1. The Labute approximate surface area is 151 Å². The van der Waals surface area contributed by atoms with Gasteiger partial charge in [0.2, 0.25) is 0 Å². The van der Waals surface area contributed by atoms with E-state index in [-0.39, 0.29) is 5.78 Å². The zero-order valence-electron chi connectivity index (χ0n) is 15.8. The number of unbranched alkanes of at least 4 members (excludes halogenated alkanes) is 3. The van der Waals surface area contributed by atoms with Crippen LogP contribution in [0.25, 0.3) is 11.3 Å². The molecule has 0 amide bonds. The van der Waals surface area contributed by atoms with Crippen LogP contribution in [-0.4, -0.2) is 15.6 Å². The summed E-state index contributed by atoms with van der Waals surface area (Å²) >= 11 is 0. The lowest BCUT2D eigenvalue weighted by Gasteiger charge is -2.15. The Bertz CT molecular complexity index is 774. The molecule has 1 aromatic heterocycles. The average molecular weight is 336 g/mol. The van der Waals surface area contributed by atoms with Crippen molar-refractivity contribution in [3.63, 3.8) is 0 Å². The van der Waals surface area contributed by atoms with Crippen LogP contribution in [0, 0.1) is 0 Å². The van der Waals surface area contributed by atoms with E-state index in [2.05, 4.69) is 37.7 Å². The summed E-state index contributed by atoms with van der Waals surface area (Å²) in [6.45, 7) is 7.96. The highest BCUT2D eigenvalue weighted by Crippen LogP contribution is 2.29. The van der Waals surface area contributed by atoms with Crippen molar-refractivity contribution in [3.8, 4) is 5.69 Å². The number of benzene rings is 1. The smallest absolute Gasteiger partial charge is 0.161 e. The number of ketones is 1. The summed E-state index contributed by atoms with van der Waals surface area (Å²) in [6, 6.07) is 7.79. The van der Waals surface area contributed by atoms with Gasteiger partial charge in [-0.2, -0.15) is 5.10 Å². The van der Waals surface area contributed by atoms with Crippen molar-refractivity contribution in [2.24, 2.45) is 0 Å². The third-order valence-corrected chi connectivity index (χ3v) is 4.16. The minimum atomic E-state index is 0.0508. The van der Waals surface area contributed by atoms with Gasteiger partial charge in [-0.3, -0.25) is 4.79 Å². The second kappa shape index (κ2) is 9.19. The number of hydrogen-bond donors (Lipinski definition) is 0. The van der Waals surface area contributed by atoms with Crippen LogP contribution in [0.3, 0.4) is 0 Å². The van der Waals surface area contributed by atoms with Gasteiger partial charge >= 0.3 is 0 Å². The van der Waals surface area contributed by atoms with Crippen molar-refractivity contribution in [2.45, 2.75) is 59.8 Å². The van der Waals surface area contributed by atoms with Crippen LogP contribution in [-0.2, 0) is 0 Å². The molecule has 3 heteroatoms. The minimum Gasteiger partial charge on any atom is -0.294 e. The largest absolute Gasteiger partial charge is 0.294 e. The molecule has 0 spiro atoms. The summed E-state index contributed by atoms with van der Waals surface area (Å²) < 4.78 is 1.80. The summed E-state index contributed by atoms with van der Waals surface area (Å²) in [5.41, 5.74) is 8.43. The second-order valence-corrected chi connectivity index (χ2v) is 6.62. The number of hydrogen-bond acceptors (Lipinski definition) is 2. The first-order valence-electron chi connectivity index (χ1n) is 9.12. The van der Waals surface area contributed by atoms with Crippen molar-refractivity contribution in [1.82, 2.24) is 9.78 Å². The maximum Gasteiger partial charge on any atom is 0.161 e. The normalized spacial score (nSPS) is 10.4. The molecule has 2 aromatic rings. The SMILES string of the molecule is CCCCCCC(=C=C(C)C)c1cccc(C(C)=O)c1-n1cccn1. The molecule has 0 unspecified atom stereocenters. The van der Waals surface area contributed by atoms with Crippen LogP contribution >= 0.6 is 0 Å². The fourth-order valence-corrected chi connectivity index (χ4v) is 3.01. The number of allylic oxidation sites excluding steroid dienone is 1. The summed E-state index contributed by atoms with van der Waals surface area (Å²) in [6.07, 6.45) is 9.41. The van der Waals surface area contributed by atoms with Crippen LogP contribution in [0.15, 0.2) is 48.0 Å². The summed E-state index contributed by atoms with van der Waals surface area (Å²) in [4.78, 5) is 12.2. The number of rotatable bonds is 8. The molecule has 132 valence electrons. The van der Waals surface area contributed by atoms with Crippen LogP contribution in [0.2, 0.25) is 0 Å². The van der Waals surface area contributed by atoms with E-state index in [4.69, 9.17) is 0 Å². The van der Waals surface area contributed by atoms with E-state index in [1.807, 2.05) is 24.4 Å². The number of nitrogens with zero attached hydrogens (tertiary/aromatic N) is 2. The Morgan fingerprint density at radius 2 is 1.84 bits per heavy atom. The van der Waals surface area contributed by atoms with E-state index >= 15 is 0 Å². The minimum absolute atomic E-state index is 0.0508. The standard InChI is InChI=1S/C22H28N2O/c1-5-6-7-8-11-19(16-17(2)3)21-13-9-12-20(18(4)25)22(21)24-15-10-14-23-24/h9-10,12-15H,5-8,11H2,1-4H3. The van der Waals surface area contributed by atoms with Crippen molar-refractivity contribution >= 4 is 11.4 Å². The Morgan fingerprint density at radius 3 is 2.44 bits per heavy atom. The molecule has 0 aliphatic carbocycles. The van der Waals surface area contributed by atoms with E-state index in [0.717, 1.165) is 35.2 Å². The quantitative estimate of drug-likeness (QED) is 0.337. The Hall–Kier alpha value is -2.38. The molecule has 0 fully saturated rings. The topological polar surface area (TPSA) is 34.9 Å². The summed E-state index contributed by atoms with van der Waals surface area (Å²) in [7, 11) is 0. The molecule has 3 nitrogen and oxygen atoms in total. The Morgan fingerprint density at radius 1 is 1.08 bits per heavy atom. The van der Waals surface area contributed by atoms with Gasteiger partial charge in [-0.25, -0.2) is 4.68 Å². The van der Waals surface area contributed by atoms with E-state index in [0.29, 0.717) is 5.56 Å². The summed E-state index contributed by atoms with van der Waals surface area (Å²) in [5.74, 6) is 0.0508. The molecular formula is C22H28N2O. The lowest BCUT2D eigenvalue weighted by molar-refractivity contribution is 0.101. The molecule has 0 saturated heterocycles. The van der Waals surface area contributed by atoms with Gasteiger partial charge in [0.25, 0.3) is 0 Å². The average Bonchev–Trinajstić information content (AvgIpc) is 3.10. The Balaban J connectivity index is 2.56. The van der Waals surface area contributed by atoms with Crippen LogP contribution in [0.4, 0.5) is 0 Å². The highest BCUT2D eigenvalue weighted by atomic mass is 16.1. The molecule has 2 rings (SSSR count). The molecular weight excluding hydrogens is 308 g/mol. The lowest BCUT2D eigenvalue weighted by Crippen LogP contribution is -2.07. The molecule has 0 aliphatic heterocycles. The van der Waals surface area contributed by atoms with E-state index < -0.39 is 0 Å². The second-order valence-electron chi connectivity index (χ2n) is 6.62. The first kappa shape index (κ1) is 19.0. The molecule has 0 aliphatic rings.